The Hall–Kier alpha value is -2.08. The van der Waals surface area contributed by atoms with E-state index < -0.39 is 0 Å². The molecule has 6 heteroatoms. The van der Waals surface area contributed by atoms with Crippen LogP contribution in [0, 0.1) is 0 Å². The summed E-state index contributed by atoms with van der Waals surface area (Å²) in [7, 11) is 0. The van der Waals surface area contributed by atoms with Gasteiger partial charge < -0.3 is 19.4 Å². The third-order valence-electron chi connectivity index (χ3n) is 4.72. The number of carbonyl (C=O) groups is 2. The average Bonchev–Trinajstić information content (AvgIpc) is 2.88. The van der Waals surface area contributed by atoms with Crippen LogP contribution in [-0.4, -0.2) is 74.1 Å². The first-order chi connectivity index (χ1) is 11.6. The predicted molar refractivity (Wildman–Crippen MR) is 92.2 cm³/mol. The Balaban J connectivity index is 1.63. The van der Waals surface area contributed by atoms with Gasteiger partial charge in [-0.2, -0.15) is 0 Å². The first-order valence-corrected chi connectivity index (χ1v) is 8.63. The molecule has 2 saturated heterocycles. The number of amides is 2. The molecule has 0 bridgehead atoms. The molecule has 2 aliphatic heterocycles. The monoisotopic (exact) mass is 331 g/mol. The van der Waals surface area contributed by atoms with Crippen molar-refractivity contribution < 1.29 is 14.3 Å². The van der Waals surface area contributed by atoms with E-state index in [1.807, 2.05) is 34.1 Å². The quantitative estimate of drug-likeness (QED) is 0.818. The normalized spacial score (nSPS) is 19.1. The topological polar surface area (TPSA) is 53.1 Å². The minimum Gasteiger partial charge on any atom is -0.378 e. The van der Waals surface area contributed by atoms with Crippen LogP contribution in [0.1, 0.15) is 23.7 Å². The largest absolute Gasteiger partial charge is 0.378 e. The van der Waals surface area contributed by atoms with Gasteiger partial charge in [0, 0.05) is 57.4 Å². The van der Waals surface area contributed by atoms with E-state index in [9.17, 15) is 9.59 Å². The summed E-state index contributed by atoms with van der Waals surface area (Å²) in [6.07, 6.45) is 0.831. The smallest absolute Gasteiger partial charge is 0.253 e. The maximum absolute atomic E-state index is 12.7. The van der Waals surface area contributed by atoms with Crippen LogP contribution in [0.25, 0.3) is 0 Å². The maximum Gasteiger partial charge on any atom is 0.253 e. The van der Waals surface area contributed by atoms with Gasteiger partial charge in [-0.3, -0.25) is 9.59 Å². The number of morpholine rings is 1. The van der Waals surface area contributed by atoms with Crippen LogP contribution in [0.3, 0.4) is 0 Å². The minimum absolute atomic E-state index is 0.0499. The lowest BCUT2D eigenvalue weighted by molar-refractivity contribution is -0.128. The molecular weight excluding hydrogens is 306 g/mol. The number of hydrogen-bond acceptors (Lipinski definition) is 4. The van der Waals surface area contributed by atoms with E-state index in [-0.39, 0.29) is 11.8 Å². The molecule has 0 saturated carbocycles. The summed E-state index contributed by atoms with van der Waals surface area (Å²) in [6, 6.07) is 7.83. The summed E-state index contributed by atoms with van der Waals surface area (Å²) in [5, 5.41) is 0. The number of nitrogens with zero attached hydrogens (tertiary/aromatic N) is 3. The fourth-order valence-electron chi connectivity index (χ4n) is 3.25. The van der Waals surface area contributed by atoms with Crippen molar-refractivity contribution in [2.45, 2.75) is 13.3 Å². The van der Waals surface area contributed by atoms with Crippen molar-refractivity contribution in [1.82, 2.24) is 9.80 Å². The molecule has 24 heavy (non-hydrogen) atoms. The van der Waals surface area contributed by atoms with Crippen molar-refractivity contribution in [3.05, 3.63) is 29.8 Å². The number of carbonyl (C=O) groups excluding carboxylic acids is 2. The van der Waals surface area contributed by atoms with Gasteiger partial charge in [-0.15, -0.1) is 0 Å². The van der Waals surface area contributed by atoms with Gasteiger partial charge in [-0.1, -0.05) is 0 Å². The van der Waals surface area contributed by atoms with Crippen LogP contribution in [0.5, 0.6) is 0 Å². The van der Waals surface area contributed by atoms with Crippen molar-refractivity contribution in [2.24, 2.45) is 0 Å². The Kier molecular flexibility index (Phi) is 5.35. The molecule has 0 aliphatic carbocycles. The average molecular weight is 331 g/mol. The third-order valence-corrected chi connectivity index (χ3v) is 4.72. The molecule has 1 aromatic rings. The molecule has 6 nitrogen and oxygen atoms in total. The van der Waals surface area contributed by atoms with E-state index in [0.717, 1.165) is 45.0 Å². The van der Waals surface area contributed by atoms with Gasteiger partial charge in [0.1, 0.15) is 0 Å². The van der Waals surface area contributed by atoms with Crippen LogP contribution in [0.2, 0.25) is 0 Å². The van der Waals surface area contributed by atoms with Crippen LogP contribution >= 0.6 is 0 Å². The fraction of sp³-hybridized carbons (Fsp3) is 0.556. The molecule has 130 valence electrons. The predicted octanol–water partition coefficient (Wildman–Crippen LogP) is 1.22. The fourth-order valence-corrected chi connectivity index (χ4v) is 3.25. The molecule has 2 fully saturated rings. The van der Waals surface area contributed by atoms with Gasteiger partial charge in [0.05, 0.1) is 13.2 Å². The van der Waals surface area contributed by atoms with Crippen molar-refractivity contribution in [1.29, 1.82) is 0 Å². The highest BCUT2D eigenvalue weighted by Crippen LogP contribution is 2.18. The SMILES string of the molecule is CC(=O)N1CCCN(C(=O)c2ccc(N3CCOCC3)cc2)CC1. The van der Waals surface area contributed by atoms with E-state index >= 15 is 0 Å². The summed E-state index contributed by atoms with van der Waals surface area (Å²) in [5.74, 6) is 0.132. The minimum atomic E-state index is 0.0499. The second-order valence-corrected chi connectivity index (χ2v) is 6.30. The van der Waals surface area contributed by atoms with E-state index in [0.29, 0.717) is 25.2 Å². The molecule has 0 aromatic heterocycles. The Morgan fingerprint density at radius 2 is 1.50 bits per heavy atom. The van der Waals surface area contributed by atoms with Crippen LogP contribution < -0.4 is 4.90 Å². The second-order valence-electron chi connectivity index (χ2n) is 6.30. The van der Waals surface area contributed by atoms with Gasteiger partial charge in [-0.25, -0.2) is 0 Å². The van der Waals surface area contributed by atoms with Gasteiger partial charge in [-0.05, 0) is 30.7 Å². The Bertz CT molecular complexity index is 582. The lowest BCUT2D eigenvalue weighted by atomic mass is 10.1. The number of hydrogen-bond donors (Lipinski definition) is 0. The Morgan fingerprint density at radius 1 is 0.875 bits per heavy atom. The summed E-state index contributed by atoms with van der Waals surface area (Å²) in [6.45, 7) is 7.52. The molecule has 0 spiro atoms. The first kappa shape index (κ1) is 16.8. The van der Waals surface area contributed by atoms with E-state index in [2.05, 4.69) is 4.90 Å². The van der Waals surface area contributed by atoms with E-state index in [4.69, 9.17) is 4.74 Å². The second kappa shape index (κ2) is 7.66. The lowest BCUT2D eigenvalue weighted by Gasteiger charge is -2.29. The number of anilines is 1. The Labute approximate surface area is 143 Å². The van der Waals surface area contributed by atoms with Crippen LogP contribution in [-0.2, 0) is 9.53 Å². The van der Waals surface area contributed by atoms with Crippen LogP contribution in [0.4, 0.5) is 5.69 Å². The van der Waals surface area contributed by atoms with Gasteiger partial charge in [0.2, 0.25) is 5.91 Å². The zero-order valence-corrected chi connectivity index (χ0v) is 14.2. The third kappa shape index (κ3) is 3.87. The maximum atomic E-state index is 12.7. The molecule has 1 aromatic carbocycles. The van der Waals surface area contributed by atoms with Crippen molar-refractivity contribution in [3.63, 3.8) is 0 Å². The van der Waals surface area contributed by atoms with Crippen molar-refractivity contribution >= 4 is 17.5 Å². The summed E-state index contributed by atoms with van der Waals surface area (Å²) in [4.78, 5) is 30.1. The molecule has 0 unspecified atom stereocenters. The summed E-state index contributed by atoms with van der Waals surface area (Å²) < 4.78 is 5.37. The van der Waals surface area contributed by atoms with E-state index in [1.165, 1.54) is 0 Å². The molecule has 2 aliphatic rings. The van der Waals surface area contributed by atoms with E-state index in [1.54, 1.807) is 6.92 Å². The first-order valence-electron chi connectivity index (χ1n) is 8.63. The molecular formula is C18H25N3O3. The molecule has 2 heterocycles. The van der Waals surface area contributed by atoms with Gasteiger partial charge in [0.15, 0.2) is 0 Å². The zero-order chi connectivity index (χ0) is 16.9. The molecule has 0 atom stereocenters. The van der Waals surface area contributed by atoms with Gasteiger partial charge in [0.25, 0.3) is 5.91 Å². The standard InChI is InChI=1S/C18H25N3O3/c1-15(22)19-7-2-8-21(10-9-19)18(23)16-3-5-17(6-4-16)20-11-13-24-14-12-20/h3-6H,2,7-14H2,1H3. The highest BCUT2D eigenvalue weighted by atomic mass is 16.5. The summed E-state index contributed by atoms with van der Waals surface area (Å²) >= 11 is 0. The Morgan fingerprint density at radius 3 is 2.17 bits per heavy atom. The highest BCUT2D eigenvalue weighted by Gasteiger charge is 2.21. The number of ether oxygens (including phenoxy) is 1. The molecule has 3 rings (SSSR count). The molecule has 2 amide bonds. The highest BCUT2D eigenvalue weighted by molar-refractivity contribution is 5.94. The lowest BCUT2D eigenvalue weighted by Crippen LogP contribution is -2.37. The van der Waals surface area contributed by atoms with Crippen molar-refractivity contribution in [2.75, 3.05) is 57.4 Å². The van der Waals surface area contributed by atoms with Gasteiger partial charge >= 0.3 is 0 Å². The number of rotatable bonds is 2. The summed E-state index contributed by atoms with van der Waals surface area (Å²) in [5.41, 5.74) is 1.84. The zero-order valence-electron chi connectivity index (χ0n) is 14.2. The molecule has 0 N–H and O–H groups in total. The number of benzene rings is 1. The van der Waals surface area contributed by atoms with Crippen molar-refractivity contribution in [3.8, 4) is 0 Å². The van der Waals surface area contributed by atoms with Crippen LogP contribution in [0.15, 0.2) is 24.3 Å². The molecule has 0 radical (unpaired) electrons.